The van der Waals surface area contributed by atoms with E-state index in [4.69, 9.17) is 9.26 Å². The number of aromatic nitrogens is 1. The van der Waals surface area contributed by atoms with Crippen molar-refractivity contribution in [3.8, 4) is 5.75 Å². The molecule has 0 aliphatic carbocycles. The van der Waals surface area contributed by atoms with Crippen LogP contribution in [0.15, 0.2) is 34.9 Å². The van der Waals surface area contributed by atoms with Crippen molar-refractivity contribution in [3.05, 3.63) is 47.3 Å². The fourth-order valence-corrected chi connectivity index (χ4v) is 3.16. The number of hydrogen-bond acceptors (Lipinski definition) is 5. The molecule has 1 aliphatic heterocycles. The average Bonchev–Trinajstić information content (AvgIpc) is 3.04. The average molecular weight is 371 g/mol. The Morgan fingerprint density at radius 3 is 2.37 bits per heavy atom. The van der Waals surface area contributed by atoms with Crippen molar-refractivity contribution in [3.63, 3.8) is 0 Å². The highest BCUT2D eigenvalue weighted by Gasteiger charge is 2.22. The van der Waals surface area contributed by atoms with E-state index < -0.39 is 0 Å². The Kier molecular flexibility index (Phi) is 5.85. The van der Waals surface area contributed by atoms with E-state index in [2.05, 4.69) is 43.0 Å². The molecule has 2 heterocycles. The summed E-state index contributed by atoms with van der Waals surface area (Å²) in [5.74, 6) is 1.59. The number of carbonyl (C=O) groups excluding carboxylic acids is 1. The lowest BCUT2D eigenvalue weighted by Gasteiger charge is -2.34. The predicted octanol–water partition coefficient (Wildman–Crippen LogP) is 3.00. The molecule has 146 valence electrons. The van der Waals surface area contributed by atoms with Crippen LogP contribution >= 0.6 is 0 Å². The van der Waals surface area contributed by atoms with Crippen LogP contribution in [0.5, 0.6) is 5.75 Å². The van der Waals surface area contributed by atoms with Crippen molar-refractivity contribution in [2.24, 2.45) is 0 Å². The van der Waals surface area contributed by atoms with Gasteiger partial charge in [-0.1, -0.05) is 38.1 Å². The van der Waals surface area contributed by atoms with Crippen LogP contribution < -0.4 is 4.74 Å². The maximum absolute atomic E-state index is 12.4. The molecule has 0 bridgehead atoms. The van der Waals surface area contributed by atoms with Crippen LogP contribution in [-0.4, -0.2) is 53.6 Å². The van der Waals surface area contributed by atoms with Gasteiger partial charge in [-0.2, -0.15) is 0 Å². The largest absolute Gasteiger partial charge is 0.484 e. The summed E-state index contributed by atoms with van der Waals surface area (Å²) < 4.78 is 10.8. The van der Waals surface area contributed by atoms with Crippen molar-refractivity contribution >= 4 is 5.91 Å². The maximum atomic E-state index is 12.4. The molecule has 0 spiro atoms. The van der Waals surface area contributed by atoms with Crippen LogP contribution in [-0.2, 0) is 16.8 Å². The number of carbonyl (C=O) groups is 1. The smallest absolute Gasteiger partial charge is 0.260 e. The van der Waals surface area contributed by atoms with E-state index in [1.54, 1.807) is 0 Å². The molecule has 1 fully saturated rings. The highest BCUT2D eigenvalue weighted by atomic mass is 16.5. The maximum Gasteiger partial charge on any atom is 0.260 e. The molecule has 1 amide bonds. The summed E-state index contributed by atoms with van der Waals surface area (Å²) in [6.45, 7) is 12.3. The summed E-state index contributed by atoms with van der Waals surface area (Å²) in [7, 11) is 0. The Balaban J connectivity index is 1.43. The van der Waals surface area contributed by atoms with Gasteiger partial charge in [0.25, 0.3) is 5.91 Å². The molecule has 1 aliphatic rings. The third-order valence-electron chi connectivity index (χ3n) is 4.87. The summed E-state index contributed by atoms with van der Waals surface area (Å²) in [6.07, 6.45) is 0. The summed E-state index contributed by atoms with van der Waals surface area (Å²) in [5, 5.41) is 4.03. The Hall–Kier alpha value is -2.34. The number of hydrogen-bond donors (Lipinski definition) is 0. The minimum Gasteiger partial charge on any atom is -0.484 e. The van der Waals surface area contributed by atoms with Gasteiger partial charge in [0.15, 0.2) is 6.61 Å². The topological polar surface area (TPSA) is 58.8 Å². The van der Waals surface area contributed by atoms with E-state index in [0.717, 1.165) is 36.8 Å². The molecule has 0 atom stereocenters. The number of rotatable bonds is 5. The molecule has 0 saturated carbocycles. The van der Waals surface area contributed by atoms with E-state index in [9.17, 15) is 4.79 Å². The third-order valence-corrected chi connectivity index (χ3v) is 4.87. The molecule has 6 heteroatoms. The highest BCUT2D eigenvalue weighted by molar-refractivity contribution is 5.77. The SMILES string of the molecule is Cc1cc(CN2CCN(C(=O)COc3ccc(C(C)(C)C)cc3)CC2)no1. The molecule has 0 unspecified atom stereocenters. The first-order chi connectivity index (χ1) is 12.8. The van der Waals surface area contributed by atoms with E-state index in [1.165, 1.54) is 5.56 Å². The third kappa shape index (κ3) is 5.32. The molecule has 27 heavy (non-hydrogen) atoms. The zero-order chi connectivity index (χ0) is 19.4. The Labute approximate surface area is 161 Å². The number of amides is 1. The predicted molar refractivity (Wildman–Crippen MR) is 104 cm³/mol. The van der Waals surface area contributed by atoms with Crippen LogP contribution in [0, 0.1) is 6.92 Å². The zero-order valence-corrected chi connectivity index (χ0v) is 16.7. The number of ether oxygens (including phenoxy) is 1. The Bertz CT molecular complexity index is 754. The fraction of sp³-hybridized carbons (Fsp3) is 0.524. The van der Waals surface area contributed by atoms with Crippen LogP contribution in [0.3, 0.4) is 0 Å². The van der Waals surface area contributed by atoms with Gasteiger partial charge in [-0.3, -0.25) is 9.69 Å². The summed E-state index contributed by atoms with van der Waals surface area (Å²) >= 11 is 0. The molecule has 0 radical (unpaired) electrons. The van der Waals surface area contributed by atoms with Crippen molar-refractivity contribution in [1.29, 1.82) is 0 Å². The van der Waals surface area contributed by atoms with Gasteiger partial charge in [0.1, 0.15) is 11.5 Å². The second kappa shape index (κ2) is 8.13. The summed E-state index contributed by atoms with van der Waals surface area (Å²) in [4.78, 5) is 16.6. The van der Waals surface area contributed by atoms with Crippen LogP contribution in [0.2, 0.25) is 0 Å². The van der Waals surface area contributed by atoms with Crippen molar-refractivity contribution in [2.45, 2.75) is 39.7 Å². The fourth-order valence-electron chi connectivity index (χ4n) is 3.16. The first-order valence-electron chi connectivity index (χ1n) is 9.47. The molecule has 3 rings (SSSR count). The number of benzene rings is 1. The van der Waals surface area contributed by atoms with Crippen LogP contribution in [0.1, 0.15) is 37.8 Å². The van der Waals surface area contributed by atoms with Crippen molar-refractivity contribution in [1.82, 2.24) is 15.0 Å². The summed E-state index contributed by atoms with van der Waals surface area (Å²) in [5.41, 5.74) is 2.30. The molecule has 2 aromatic rings. The summed E-state index contributed by atoms with van der Waals surface area (Å²) in [6, 6.07) is 9.95. The first-order valence-corrected chi connectivity index (χ1v) is 9.47. The van der Waals surface area contributed by atoms with Crippen molar-refractivity contribution in [2.75, 3.05) is 32.8 Å². The Morgan fingerprint density at radius 2 is 1.81 bits per heavy atom. The van der Waals surface area contributed by atoms with Gasteiger partial charge >= 0.3 is 0 Å². The number of nitrogens with zero attached hydrogens (tertiary/aromatic N) is 3. The van der Waals surface area contributed by atoms with Gasteiger partial charge in [-0.05, 0) is 30.0 Å². The molecular weight excluding hydrogens is 342 g/mol. The molecule has 1 saturated heterocycles. The van der Waals surface area contributed by atoms with E-state index in [1.807, 2.05) is 30.0 Å². The molecule has 1 aromatic carbocycles. The van der Waals surface area contributed by atoms with Gasteiger partial charge in [0.05, 0.1) is 5.69 Å². The van der Waals surface area contributed by atoms with Crippen molar-refractivity contribution < 1.29 is 14.1 Å². The second-order valence-electron chi connectivity index (χ2n) is 8.15. The van der Waals surface area contributed by atoms with E-state index in [-0.39, 0.29) is 17.9 Å². The van der Waals surface area contributed by atoms with Gasteiger partial charge in [-0.15, -0.1) is 0 Å². The zero-order valence-electron chi connectivity index (χ0n) is 16.7. The van der Waals surface area contributed by atoms with Gasteiger partial charge in [-0.25, -0.2) is 0 Å². The van der Waals surface area contributed by atoms with E-state index >= 15 is 0 Å². The number of aryl methyl sites for hydroxylation is 1. The van der Waals surface area contributed by atoms with E-state index in [0.29, 0.717) is 13.1 Å². The monoisotopic (exact) mass is 371 g/mol. The van der Waals surface area contributed by atoms with Gasteiger partial charge in [0, 0.05) is 38.8 Å². The van der Waals surface area contributed by atoms with Crippen LogP contribution in [0.4, 0.5) is 0 Å². The van der Waals surface area contributed by atoms with Crippen LogP contribution in [0.25, 0.3) is 0 Å². The molecule has 0 N–H and O–H groups in total. The molecule has 1 aromatic heterocycles. The minimum atomic E-state index is 0.0341. The lowest BCUT2D eigenvalue weighted by Crippen LogP contribution is -2.49. The Morgan fingerprint density at radius 1 is 1.15 bits per heavy atom. The lowest BCUT2D eigenvalue weighted by atomic mass is 9.87. The quantitative estimate of drug-likeness (QED) is 0.809. The minimum absolute atomic E-state index is 0.0341. The molecule has 6 nitrogen and oxygen atoms in total. The lowest BCUT2D eigenvalue weighted by molar-refractivity contribution is -0.135. The number of piperazine rings is 1. The highest BCUT2D eigenvalue weighted by Crippen LogP contribution is 2.24. The second-order valence-corrected chi connectivity index (χ2v) is 8.15. The first kappa shape index (κ1) is 19.4. The molecular formula is C21H29N3O3. The normalized spacial score (nSPS) is 15.8. The van der Waals surface area contributed by atoms with Gasteiger partial charge in [0.2, 0.25) is 0 Å². The standard InChI is InChI=1S/C21H29N3O3/c1-16-13-18(22-27-16)14-23-9-11-24(12-10-23)20(25)15-26-19-7-5-17(6-8-19)21(2,3)4/h5-8,13H,9-12,14-15H2,1-4H3. The van der Waals surface area contributed by atoms with Gasteiger partial charge < -0.3 is 14.2 Å².